The largest absolute Gasteiger partial charge is 0.278 e. The van der Waals surface area contributed by atoms with Crippen LogP contribution in [0.3, 0.4) is 0 Å². The minimum atomic E-state index is -0.333. The highest BCUT2D eigenvalue weighted by atomic mass is 79.9. The van der Waals surface area contributed by atoms with E-state index in [2.05, 4.69) is 47.8 Å². The number of halogens is 3. The Morgan fingerprint density at radius 3 is 2.42 bits per heavy atom. The molecule has 0 heterocycles. The number of alkyl halides is 1. The standard InChI is InChI=1S/C13H6Br3NO2/c14-6-1-2-8-9(3-6)13(16)10-4-7(15)5-11(12(8)10)17(18)19/h1-5,13H/t13-/m1/s1. The number of nitrogens with zero attached hydrogens (tertiary/aromatic N) is 1. The molecule has 2 aromatic carbocycles. The van der Waals surface area contributed by atoms with E-state index in [1.807, 2.05) is 24.3 Å². The van der Waals surface area contributed by atoms with Crippen molar-refractivity contribution in [2.24, 2.45) is 0 Å². The molecule has 2 aromatic rings. The SMILES string of the molecule is O=[N+]([O-])c1cc(Br)cc2c1-c1ccc(Br)cc1[C@H]2Br. The van der Waals surface area contributed by atoms with Crippen LogP contribution < -0.4 is 0 Å². The third-order valence-corrected chi connectivity index (χ3v) is 5.08. The highest BCUT2D eigenvalue weighted by Gasteiger charge is 2.33. The first kappa shape index (κ1) is 13.3. The molecule has 1 aliphatic carbocycles. The van der Waals surface area contributed by atoms with Crippen LogP contribution in [0.1, 0.15) is 16.0 Å². The van der Waals surface area contributed by atoms with Crippen molar-refractivity contribution in [3.8, 4) is 11.1 Å². The molecule has 0 aliphatic heterocycles. The van der Waals surface area contributed by atoms with E-state index >= 15 is 0 Å². The maximum absolute atomic E-state index is 11.3. The normalized spacial score (nSPS) is 16.1. The molecule has 0 unspecified atom stereocenters. The van der Waals surface area contributed by atoms with Gasteiger partial charge in [0.15, 0.2) is 0 Å². The zero-order valence-electron chi connectivity index (χ0n) is 9.36. The third-order valence-electron chi connectivity index (χ3n) is 3.14. The number of nitro benzene ring substituents is 1. The van der Waals surface area contributed by atoms with Crippen molar-refractivity contribution >= 4 is 53.5 Å². The van der Waals surface area contributed by atoms with Gasteiger partial charge in [0, 0.05) is 15.0 Å². The Balaban J connectivity index is 2.38. The van der Waals surface area contributed by atoms with Crippen LogP contribution in [0, 0.1) is 10.1 Å². The lowest BCUT2D eigenvalue weighted by molar-refractivity contribution is -0.384. The van der Waals surface area contributed by atoms with Gasteiger partial charge in [-0.3, -0.25) is 10.1 Å². The van der Waals surface area contributed by atoms with Crippen molar-refractivity contribution in [2.45, 2.75) is 4.83 Å². The summed E-state index contributed by atoms with van der Waals surface area (Å²) in [6.07, 6.45) is 0. The Morgan fingerprint density at radius 1 is 1.05 bits per heavy atom. The van der Waals surface area contributed by atoms with Crippen molar-refractivity contribution in [1.29, 1.82) is 0 Å². The molecule has 1 atom stereocenters. The van der Waals surface area contributed by atoms with E-state index < -0.39 is 0 Å². The van der Waals surface area contributed by atoms with Crippen LogP contribution in [0.15, 0.2) is 39.3 Å². The summed E-state index contributed by atoms with van der Waals surface area (Å²) in [6, 6.07) is 9.29. The zero-order valence-corrected chi connectivity index (χ0v) is 14.1. The summed E-state index contributed by atoms with van der Waals surface area (Å²) < 4.78 is 1.68. The highest BCUT2D eigenvalue weighted by Crippen LogP contribution is 2.52. The van der Waals surface area contributed by atoms with Gasteiger partial charge in [-0.25, -0.2) is 0 Å². The number of benzene rings is 2. The Bertz CT molecular complexity index is 715. The zero-order chi connectivity index (χ0) is 13.7. The molecule has 0 spiro atoms. The summed E-state index contributed by atoms with van der Waals surface area (Å²) in [7, 11) is 0. The number of hydrogen-bond donors (Lipinski definition) is 0. The Hall–Kier alpha value is -0.720. The van der Waals surface area contributed by atoms with Gasteiger partial charge in [-0.2, -0.15) is 0 Å². The summed E-state index contributed by atoms with van der Waals surface area (Å²) in [6.45, 7) is 0. The average molecular weight is 448 g/mol. The predicted molar refractivity (Wildman–Crippen MR) is 84.7 cm³/mol. The summed E-state index contributed by atoms with van der Waals surface area (Å²) in [5.41, 5.74) is 3.73. The first-order valence-electron chi connectivity index (χ1n) is 5.41. The Morgan fingerprint density at radius 2 is 1.74 bits per heavy atom. The Labute approximate surface area is 134 Å². The van der Waals surface area contributed by atoms with Gasteiger partial charge >= 0.3 is 0 Å². The van der Waals surface area contributed by atoms with Gasteiger partial charge < -0.3 is 0 Å². The second-order valence-corrected chi connectivity index (χ2v) is 6.99. The van der Waals surface area contributed by atoms with Crippen LogP contribution in [-0.4, -0.2) is 4.92 Å². The van der Waals surface area contributed by atoms with E-state index in [0.717, 1.165) is 21.2 Å². The van der Waals surface area contributed by atoms with E-state index in [4.69, 9.17) is 0 Å². The molecule has 1 aliphatic rings. The molecule has 0 radical (unpaired) electrons. The summed E-state index contributed by atoms with van der Waals surface area (Å²) in [5, 5.41) is 11.3. The fourth-order valence-electron chi connectivity index (χ4n) is 2.39. The molecular formula is C13H6Br3NO2. The molecule has 6 heteroatoms. The van der Waals surface area contributed by atoms with Crippen LogP contribution in [0.4, 0.5) is 5.69 Å². The molecular weight excluding hydrogens is 442 g/mol. The van der Waals surface area contributed by atoms with Gasteiger partial charge in [-0.1, -0.05) is 53.9 Å². The quantitative estimate of drug-likeness (QED) is 0.325. The van der Waals surface area contributed by atoms with Gasteiger partial charge in [0.2, 0.25) is 0 Å². The van der Waals surface area contributed by atoms with E-state index in [0.29, 0.717) is 10.0 Å². The van der Waals surface area contributed by atoms with Gasteiger partial charge in [-0.15, -0.1) is 0 Å². The van der Waals surface area contributed by atoms with Gasteiger partial charge in [-0.05, 0) is 34.9 Å². The van der Waals surface area contributed by atoms with Crippen LogP contribution in [-0.2, 0) is 0 Å². The van der Waals surface area contributed by atoms with E-state index in [1.165, 1.54) is 0 Å². The third kappa shape index (κ3) is 2.06. The van der Waals surface area contributed by atoms with Gasteiger partial charge in [0.1, 0.15) is 0 Å². The number of rotatable bonds is 1. The molecule has 0 saturated heterocycles. The molecule has 0 amide bonds. The fraction of sp³-hybridized carbons (Fsp3) is 0.0769. The van der Waals surface area contributed by atoms with E-state index in [-0.39, 0.29) is 15.4 Å². The second-order valence-electron chi connectivity index (χ2n) is 4.24. The molecule has 0 saturated carbocycles. The summed E-state index contributed by atoms with van der Waals surface area (Å²) in [4.78, 5) is 10.9. The van der Waals surface area contributed by atoms with Crippen molar-refractivity contribution < 1.29 is 4.92 Å². The minimum absolute atomic E-state index is 0.0220. The maximum Gasteiger partial charge on any atom is 0.278 e. The van der Waals surface area contributed by atoms with Gasteiger partial charge in [0.05, 0.1) is 15.3 Å². The topological polar surface area (TPSA) is 43.1 Å². The molecule has 0 bridgehead atoms. The van der Waals surface area contributed by atoms with Crippen molar-refractivity contribution in [3.05, 3.63) is 60.5 Å². The second kappa shape index (κ2) is 4.68. The molecule has 19 heavy (non-hydrogen) atoms. The van der Waals surface area contributed by atoms with Crippen LogP contribution in [0.25, 0.3) is 11.1 Å². The van der Waals surface area contributed by atoms with E-state index in [1.54, 1.807) is 6.07 Å². The maximum atomic E-state index is 11.3. The highest BCUT2D eigenvalue weighted by molar-refractivity contribution is 9.11. The van der Waals surface area contributed by atoms with Crippen LogP contribution in [0.2, 0.25) is 0 Å². The number of fused-ring (bicyclic) bond motifs is 3. The summed E-state index contributed by atoms with van der Waals surface area (Å²) >= 11 is 10.4. The van der Waals surface area contributed by atoms with Crippen molar-refractivity contribution in [2.75, 3.05) is 0 Å². The van der Waals surface area contributed by atoms with Crippen molar-refractivity contribution in [1.82, 2.24) is 0 Å². The number of nitro groups is 1. The molecule has 0 aromatic heterocycles. The van der Waals surface area contributed by atoms with E-state index in [9.17, 15) is 10.1 Å². The lowest BCUT2D eigenvalue weighted by Gasteiger charge is -2.05. The predicted octanol–water partition coefficient (Wildman–Crippen LogP) is 5.58. The van der Waals surface area contributed by atoms with Crippen LogP contribution in [0.5, 0.6) is 0 Å². The van der Waals surface area contributed by atoms with Gasteiger partial charge in [0.25, 0.3) is 5.69 Å². The molecule has 3 nitrogen and oxygen atoms in total. The smallest absolute Gasteiger partial charge is 0.258 e. The molecule has 0 fully saturated rings. The monoisotopic (exact) mass is 445 g/mol. The fourth-order valence-corrected chi connectivity index (χ4v) is 3.97. The first-order chi connectivity index (χ1) is 8.99. The lowest BCUT2D eigenvalue weighted by Crippen LogP contribution is -1.93. The molecule has 96 valence electrons. The lowest BCUT2D eigenvalue weighted by atomic mass is 10.0. The van der Waals surface area contributed by atoms with Crippen molar-refractivity contribution in [3.63, 3.8) is 0 Å². The summed E-state index contributed by atoms with van der Waals surface area (Å²) in [5.74, 6) is 0. The molecule has 3 rings (SSSR count). The average Bonchev–Trinajstić information content (AvgIpc) is 2.62. The Kier molecular flexibility index (Phi) is 3.27. The minimum Gasteiger partial charge on any atom is -0.258 e. The van der Waals surface area contributed by atoms with Crippen LogP contribution >= 0.6 is 47.8 Å². The number of hydrogen-bond acceptors (Lipinski definition) is 2. The molecule has 0 N–H and O–H groups in total. The first-order valence-corrected chi connectivity index (χ1v) is 7.91.